The van der Waals surface area contributed by atoms with Gasteiger partial charge < -0.3 is 15.4 Å². The number of hydrogen-bond donors (Lipinski definition) is 2. The highest BCUT2D eigenvalue weighted by atomic mass is 16.5. The molecule has 142 valence electrons. The van der Waals surface area contributed by atoms with Crippen LogP contribution in [0, 0.1) is 13.8 Å². The van der Waals surface area contributed by atoms with Crippen LogP contribution >= 0.6 is 0 Å². The molecule has 3 rings (SSSR count). The normalized spacial score (nSPS) is 10.2. The lowest BCUT2D eigenvalue weighted by atomic mass is 10.1. The number of benzene rings is 3. The van der Waals surface area contributed by atoms with Crippen molar-refractivity contribution in [3.05, 3.63) is 89.0 Å². The lowest BCUT2D eigenvalue weighted by Gasteiger charge is -2.10. The number of amides is 2. The summed E-state index contributed by atoms with van der Waals surface area (Å²) >= 11 is 0. The fourth-order valence-corrected chi connectivity index (χ4v) is 2.74. The van der Waals surface area contributed by atoms with Crippen molar-refractivity contribution in [2.75, 3.05) is 17.7 Å². The van der Waals surface area contributed by atoms with Crippen LogP contribution in [0.25, 0.3) is 0 Å². The molecule has 0 saturated heterocycles. The Balaban J connectivity index is 1.69. The molecule has 0 radical (unpaired) electrons. The van der Waals surface area contributed by atoms with Crippen molar-refractivity contribution in [1.29, 1.82) is 0 Å². The van der Waals surface area contributed by atoms with Gasteiger partial charge >= 0.3 is 0 Å². The fraction of sp³-hybridized carbons (Fsp3) is 0.130. The Hall–Kier alpha value is -3.60. The van der Waals surface area contributed by atoms with Crippen molar-refractivity contribution < 1.29 is 14.3 Å². The number of aryl methyl sites for hydroxylation is 2. The summed E-state index contributed by atoms with van der Waals surface area (Å²) in [5.41, 5.74) is 4.54. The molecule has 0 fully saturated rings. The van der Waals surface area contributed by atoms with Crippen LogP contribution in [0.2, 0.25) is 0 Å². The summed E-state index contributed by atoms with van der Waals surface area (Å²) in [7, 11) is 1.55. The summed E-state index contributed by atoms with van der Waals surface area (Å²) in [6.45, 7) is 4.02. The third-order valence-electron chi connectivity index (χ3n) is 4.53. The molecule has 28 heavy (non-hydrogen) atoms. The Kier molecular flexibility index (Phi) is 5.75. The number of para-hydroxylation sites is 2. The zero-order chi connectivity index (χ0) is 20.1. The maximum absolute atomic E-state index is 12.5. The summed E-state index contributed by atoms with van der Waals surface area (Å²) in [5.74, 6) is 0.0887. The van der Waals surface area contributed by atoms with Crippen LogP contribution in [0.3, 0.4) is 0 Å². The third kappa shape index (κ3) is 4.38. The van der Waals surface area contributed by atoms with Gasteiger partial charge in [-0.15, -0.1) is 0 Å². The highest BCUT2D eigenvalue weighted by Gasteiger charge is 2.11. The van der Waals surface area contributed by atoms with Gasteiger partial charge in [-0.25, -0.2) is 0 Å². The van der Waals surface area contributed by atoms with E-state index >= 15 is 0 Å². The van der Waals surface area contributed by atoms with Crippen LogP contribution in [0.1, 0.15) is 31.8 Å². The molecule has 3 aromatic carbocycles. The van der Waals surface area contributed by atoms with Crippen molar-refractivity contribution in [3.63, 3.8) is 0 Å². The maximum atomic E-state index is 12.5. The maximum Gasteiger partial charge on any atom is 0.255 e. The third-order valence-corrected chi connectivity index (χ3v) is 4.53. The standard InChI is InChI=1S/C23H22N2O3/c1-15-8-13-19(14-16(15)2)24-22(26)17-9-11-18(12-10-17)23(27)25-20-6-4-5-7-21(20)28-3/h4-14H,1-3H3,(H,24,26)(H,25,27). The molecule has 2 amide bonds. The van der Waals surface area contributed by atoms with Crippen molar-refractivity contribution in [2.24, 2.45) is 0 Å². The van der Waals surface area contributed by atoms with E-state index in [0.717, 1.165) is 11.3 Å². The van der Waals surface area contributed by atoms with Crippen LogP contribution in [-0.2, 0) is 0 Å². The van der Waals surface area contributed by atoms with Gasteiger partial charge in [-0.2, -0.15) is 0 Å². The van der Waals surface area contributed by atoms with Gasteiger partial charge in [-0.1, -0.05) is 18.2 Å². The molecule has 0 aliphatic rings. The van der Waals surface area contributed by atoms with Gasteiger partial charge in [-0.05, 0) is 73.5 Å². The van der Waals surface area contributed by atoms with E-state index < -0.39 is 0 Å². The van der Waals surface area contributed by atoms with E-state index in [-0.39, 0.29) is 11.8 Å². The predicted octanol–water partition coefficient (Wildman–Crippen LogP) is 4.82. The van der Waals surface area contributed by atoms with Crippen molar-refractivity contribution in [1.82, 2.24) is 0 Å². The van der Waals surface area contributed by atoms with Gasteiger partial charge in [0, 0.05) is 16.8 Å². The van der Waals surface area contributed by atoms with E-state index in [9.17, 15) is 9.59 Å². The zero-order valence-electron chi connectivity index (χ0n) is 16.1. The van der Waals surface area contributed by atoms with Crippen LogP contribution in [0.15, 0.2) is 66.7 Å². The molecule has 0 atom stereocenters. The highest BCUT2D eigenvalue weighted by molar-refractivity contribution is 6.07. The van der Waals surface area contributed by atoms with Gasteiger partial charge in [0.15, 0.2) is 0 Å². The van der Waals surface area contributed by atoms with Crippen molar-refractivity contribution in [3.8, 4) is 5.75 Å². The number of hydrogen-bond acceptors (Lipinski definition) is 3. The molecule has 0 unspecified atom stereocenters. The molecule has 5 heteroatoms. The Morgan fingerprint density at radius 2 is 1.36 bits per heavy atom. The van der Waals surface area contributed by atoms with Gasteiger partial charge in [0.2, 0.25) is 0 Å². The first-order valence-corrected chi connectivity index (χ1v) is 8.91. The minimum atomic E-state index is -0.273. The molecule has 5 nitrogen and oxygen atoms in total. The number of anilines is 2. The van der Waals surface area contributed by atoms with Crippen molar-refractivity contribution in [2.45, 2.75) is 13.8 Å². The SMILES string of the molecule is COc1ccccc1NC(=O)c1ccc(C(=O)Nc2ccc(C)c(C)c2)cc1. The minimum Gasteiger partial charge on any atom is -0.495 e. The predicted molar refractivity (Wildman–Crippen MR) is 111 cm³/mol. The first kappa shape index (κ1) is 19.2. The Labute approximate surface area is 164 Å². The van der Waals surface area contributed by atoms with Crippen LogP contribution < -0.4 is 15.4 Å². The second-order valence-electron chi connectivity index (χ2n) is 6.48. The molecular formula is C23H22N2O3. The lowest BCUT2D eigenvalue weighted by Crippen LogP contribution is -2.14. The largest absolute Gasteiger partial charge is 0.495 e. The monoisotopic (exact) mass is 374 g/mol. The van der Waals surface area contributed by atoms with E-state index in [1.807, 2.05) is 44.2 Å². The van der Waals surface area contributed by atoms with Crippen molar-refractivity contribution >= 4 is 23.2 Å². The molecular weight excluding hydrogens is 352 g/mol. The van der Waals surface area contributed by atoms with Gasteiger partial charge in [0.1, 0.15) is 5.75 Å². The number of rotatable bonds is 5. The van der Waals surface area contributed by atoms with Gasteiger partial charge in [0.05, 0.1) is 12.8 Å². The fourth-order valence-electron chi connectivity index (χ4n) is 2.74. The topological polar surface area (TPSA) is 67.4 Å². The summed E-state index contributed by atoms with van der Waals surface area (Å²) in [5, 5.41) is 5.69. The minimum absolute atomic E-state index is 0.222. The summed E-state index contributed by atoms with van der Waals surface area (Å²) in [4.78, 5) is 24.9. The Morgan fingerprint density at radius 3 is 1.96 bits per heavy atom. The first-order valence-electron chi connectivity index (χ1n) is 8.91. The molecule has 0 saturated carbocycles. The van der Waals surface area contributed by atoms with Gasteiger partial charge in [-0.3, -0.25) is 9.59 Å². The van der Waals surface area contributed by atoms with E-state index in [0.29, 0.717) is 22.6 Å². The molecule has 0 aliphatic heterocycles. The van der Waals surface area contributed by atoms with Crippen LogP contribution in [0.5, 0.6) is 5.75 Å². The molecule has 3 aromatic rings. The summed E-state index contributed by atoms with van der Waals surface area (Å²) in [6, 6.07) is 19.5. The average Bonchev–Trinajstić information content (AvgIpc) is 2.71. The van der Waals surface area contributed by atoms with Gasteiger partial charge in [0.25, 0.3) is 11.8 Å². The molecule has 2 N–H and O–H groups in total. The van der Waals surface area contributed by atoms with E-state index in [2.05, 4.69) is 10.6 Å². The smallest absolute Gasteiger partial charge is 0.255 e. The zero-order valence-corrected chi connectivity index (χ0v) is 16.1. The summed E-state index contributed by atoms with van der Waals surface area (Å²) in [6.07, 6.45) is 0. The Morgan fingerprint density at radius 1 is 0.750 bits per heavy atom. The molecule has 0 aromatic heterocycles. The van der Waals surface area contributed by atoms with Crippen LogP contribution in [0.4, 0.5) is 11.4 Å². The second kappa shape index (κ2) is 8.39. The molecule has 0 spiro atoms. The molecule has 0 aliphatic carbocycles. The number of carbonyl (C=O) groups is 2. The second-order valence-corrected chi connectivity index (χ2v) is 6.48. The molecule has 0 bridgehead atoms. The highest BCUT2D eigenvalue weighted by Crippen LogP contribution is 2.23. The number of nitrogens with one attached hydrogen (secondary N) is 2. The summed E-state index contributed by atoms with van der Waals surface area (Å²) < 4.78 is 5.24. The van der Waals surface area contributed by atoms with E-state index in [4.69, 9.17) is 4.74 Å². The quantitative estimate of drug-likeness (QED) is 0.673. The Bertz CT molecular complexity index is 1010. The number of methoxy groups -OCH3 is 1. The lowest BCUT2D eigenvalue weighted by molar-refractivity contribution is 0.101. The number of carbonyl (C=O) groups excluding carboxylic acids is 2. The van der Waals surface area contributed by atoms with E-state index in [1.165, 1.54) is 5.56 Å². The molecule has 0 heterocycles. The average molecular weight is 374 g/mol. The van der Waals surface area contributed by atoms with E-state index in [1.54, 1.807) is 43.5 Å². The number of ether oxygens (including phenoxy) is 1. The first-order chi connectivity index (χ1) is 13.5. The van der Waals surface area contributed by atoms with Crippen LogP contribution in [-0.4, -0.2) is 18.9 Å².